The van der Waals surface area contributed by atoms with Crippen LogP contribution in [0.5, 0.6) is 0 Å². The molecule has 1 unspecified atom stereocenters. The van der Waals surface area contributed by atoms with E-state index in [1.54, 1.807) is 0 Å². The summed E-state index contributed by atoms with van der Waals surface area (Å²) in [6.45, 7) is 7.64. The Bertz CT molecular complexity index is 227. The van der Waals surface area contributed by atoms with E-state index in [-0.39, 0.29) is 17.7 Å². The maximum Gasteiger partial charge on any atom is 0.314 e. The smallest absolute Gasteiger partial charge is 0.314 e. The largest absolute Gasteiger partial charge is 0.375 e. The molecule has 1 atom stereocenters. The summed E-state index contributed by atoms with van der Waals surface area (Å²) in [5.74, 6) is 0. The first-order valence-electron chi connectivity index (χ1n) is 6.34. The molecule has 4 heteroatoms. The summed E-state index contributed by atoms with van der Waals surface area (Å²) in [7, 11) is 0. The molecule has 0 aromatic heterocycles. The molecule has 94 valence electrons. The van der Waals surface area contributed by atoms with Gasteiger partial charge in [-0.15, -0.1) is 0 Å². The highest BCUT2D eigenvalue weighted by Gasteiger charge is 2.34. The van der Waals surface area contributed by atoms with Crippen molar-refractivity contribution in [1.29, 1.82) is 0 Å². The van der Waals surface area contributed by atoms with Gasteiger partial charge in [-0.1, -0.05) is 13.8 Å². The van der Waals surface area contributed by atoms with Crippen molar-refractivity contribution in [1.82, 2.24) is 10.6 Å². The van der Waals surface area contributed by atoms with Crippen molar-refractivity contribution in [3.05, 3.63) is 0 Å². The predicted octanol–water partition coefficient (Wildman–Crippen LogP) is 2.04. The Morgan fingerprint density at radius 3 is 2.62 bits per heavy atom. The third-order valence-corrected chi connectivity index (χ3v) is 3.45. The van der Waals surface area contributed by atoms with Gasteiger partial charge in [0.05, 0.1) is 5.60 Å². The van der Waals surface area contributed by atoms with Crippen LogP contribution in [-0.4, -0.2) is 30.8 Å². The molecule has 16 heavy (non-hydrogen) atoms. The molecule has 0 radical (unpaired) electrons. The molecule has 2 amide bonds. The Hall–Kier alpha value is -0.770. The molecule has 1 aliphatic rings. The summed E-state index contributed by atoms with van der Waals surface area (Å²) in [5.41, 5.74) is -0.0254. The maximum atomic E-state index is 11.4. The highest BCUT2D eigenvalue weighted by molar-refractivity contribution is 5.74. The van der Waals surface area contributed by atoms with Crippen LogP contribution in [-0.2, 0) is 4.74 Å². The second kappa shape index (κ2) is 6.09. The van der Waals surface area contributed by atoms with Gasteiger partial charge in [-0.25, -0.2) is 4.79 Å². The fourth-order valence-corrected chi connectivity index (χ4v) is 2.29. The number of rotatable bonds is 4. The molecule has 1 saturated heterocycles. The summed E-state index contributed by atoms with van der Waals surface area (Å²) in [6.07, 6.45) is 3.87. The first-order valence-corrected chi connectivity index (χ1v) is 6.34. The van der Waals surface area contributed by atoms with Gasteiger partial charge in [0, 0.05) is 19.2 Å². The predicted molar refractivity (Wildman–Crippen MR) is 64.5 cm³/mol. The molecule has 0 aliphatic carbocycles. The van der Waals surface area contributed by atoms with Crippen LogP contribution in [0.25, 0.3) is 0 Å². The van der Waals surface area contributed by atoms with Crippen LogP contribution in [0.2, 0.25) is 0 Å². The molecule has 1 fully saturated rings. The number of amides is 2. The van der Waals surface area contributed by atoms with E-state index in [1.807, 2.05) is 6.92 Å². The minimum Gasteiger partial charge on any atom is -0.375 e. The van der Waals surface area contributed by atoms with E-state index in [2.05, 4.69) is 24.5 Å². The molecule has 2 N–H and O–H groups in total. The zero-order valence-corrected chi connectivity index (χ0v) is 10.6. The van der Waals surface area contributed by atoms with E-state index in [4.69, 9.17) is 4.74 Å². The zero-order valence-electron chi connectivity index (χ0n) is 10.6. The summed E-state index contributed by atoms with van der Waals surface area (Å²) >= 11 is 0. The van der Waals surface area contributed by atoms with Crippen molar-refractivity contribution >= 4 is 6.03 Å². The summed E-state index contributed by atoms with van der Waals surface area (Å²) < 4.78 is 5.86. The molecule has 0 bridgehead atoms. The molecule has 1 heterocycles. The van der Waals surface area contributed by atoms with Crippen LogP contribution in [0, 0.1) is 0 Å². The van der Waals surface area contributed by atoms with Gasteiger partial charge in [-0.2, -0.15) is 0 Å². The number of nitrogens with one attached hydrogen (secondary N) is 2. The zero-order chi connectivity index (χ0) is 12.0. The van der Waals surface area contributed by atoms with Crippen molar-refractivity contribution in [3.8, 4) is 0 Å². The van der Waals surface area contributed by atoms with E-state index >= 15 is 0 Å². The van der Waals surface area contributed by atoms with Gasteiger partial charge in [0.15, 0.2) is 0 Å². The van der Waals surface area contributed by atoms with Gasteiger partial charge >= 0.3 is 6.03 Å². The van der Waals surface area contributed by atoms with Crippen molar-refractivity contribution in [3.63, 3.8) is 0 Å². The van der Waals surface area contributed by atoms with Crippen LogP contribution < -0.4 is 10.6 Å². The second-order valence-electron chi connectivity index (χ2n) is 4.43. The third kappa shape index (κ3) is 3.37. The number of ether oxygens (including phenoxy) is 1. The fourth-order valence-electron chi connectivity index (χ4n) is 2.29. The number of carbonyl (C=O) groups is 1. The average molecular weight is 228 g/mol. The third-order valence-electron chi connectivity index (χ3n) is 3.45. The van der Waals surface area contributed by atoms with Crippen LogP contribution in [0.3, 0.4) is 0 Å². The topological polar surface area (TPSA) is 50.4 Å². The van der Waals surface area contributed by atoms with Gasteiger partial charge < -0.3 is 15.4 Å². The molecule has 1 rings (SSSR count). The molecule has 1 aliphatic heterocycles. The Morgan fingerprint density at radius 1 is 1.38 bits per heavy atom. The van der Waals surface area contributed by atoms with E-state index in [1.165, 1.54) is 0 Å². The molecule has 0 aromatic rings. The Morgan fingerprint density at radius 2 is 2.06 bits per heavy atom. The standard InChI is InChI=1S/C12H24N2O2/c1-4-12(5-2)9-10(7-8-16-12)14-11(15)13-6-3/h10H,4-9H2,1-3H3,(H2,13,14,15). The lowest BCUT2D eigenvalue weighted by Crippen LogP contribution is -2.50. The highest BCUT2D eigenvalue weighted by Crippen LogP contribution is 2.31. The Labute approximate surface area is 98.1 Å². The molecule has 0 saturated carbocycles. The van der Waals surface area contributed by atoms with E-state index < -0.39 is 0 Å². The van der Waals surface area contributed by atoms with Gasteiger partial charge in [0.2, 0.25) is 0 Å². The molecule has 4 nitrogen and oxygen atoms in total. The van der Waals surface area contributed by atoms with Crippen LogP contribution >= 0.6 is 0 Å². The molecular weight excluding hydrogens is 204 g/mol. The maximum absolute atomic E-state index is 11.4. The monoisotopic (exact) mass is 228 g/mol. The van der Waals surface area contributed by atoms with Crippen molar-refractivity contribution < 1.29 is 9.53 Å². The Balaban J connectivity index is 2.47. The lowest BCUT2D eigenvalue weighted by atomic mass is 9.86. The van der Waals surface area contributed by atoms with Crippen molar-refractivity contribution in [2.45, 2.75) is 58.1 Å². The van der Waals surface area contributed by atoms with Crippen LogP contribution in [0.15, 0.2) is 0 Å². The van der Waals surface area contributed by atoms with Crippen molar-refractivity contribution in [2.75, 3.05) is 13.2 Å². The van der Waals surface area contributed by atoms with Crippen LogP contribution in [0.4, 0.5) is 4.79 Å². The molecular formula is C12H24N2O2. The normalized spacial score (nSPS) is 23.8. The number of urea groups is 1. The van der Waals surface area contributed by atoms with E-state index in [0.717, 1.165) is 32.3 Å². The van der Waals surface area contributed by atoms with Gasteiger partial charge in [-0.05, 0) is 32.6 Å². The number of hydrogen-bond donors (Lipinski definition) is 2. The highest BCUT2D eigenvalue weighted by atomic mass is 16.5. The van der Waals surface area contributed by atoms with Crippen molar-refractivity contribution in [2.24, 2.45) is 0 Å². The lowest BCUT2D eigenvalue weighted by molar-refractivity contribution is -0.0915. The minimum atomic E-state index is -0.0597. The van der Waals surface area contributed by atoms with Crippen LogP contribution in [0.1, 0.15) is 46.5 Å². The number of hydrogen-bond acceptors (Lipinski definition) is 2. The fraction of sp³-hybridized carbons (Fsp3) is 0.917. The van der Waals surface area contributed by atoms with E-state index in [9.17, 15) is 4.79 Å². The summed E-state index contributed by atoms with van der Waals surface area (Å²) in [6, 6.07) is 0.190. The minimum absolute atomic E-state index is 0.0254. The lowest BCUT2D eigenvalue weighted by Gasteiger charge is -2.40. The van der Waals surface area contributed by atoms with Gasteiger partial charge in [0.1, 0.15) is 0 Å². The van der Waals surface area contributed by atoms with Gasteiger partial charge in [-0.3, -0.25) is 0 Å². The van der Waals surface area contributed by atoms with E-state index in [0.29, 0.717) is 6.54 Å². The summed E-state index contributed by atoms with van der Waals surface area (Å²) in [4.78, 5) is 11.4. The SMILES string of the molecule is CCNC(=O)NC1CCOC(CC)(CC)C1. The second-order valence-corrected chi connectivity index (χ2v) is 4.43. The number of carbonyl (C=O) groups excluding carboxylic acids is 1. The Kier molecular flexibility index (Phi) is 5.06. The quantitative estimate of drug-likeness (QED) is 0.773. The first-order chi connectivity index (χ1) is 7.65. The average Bonchev–Trinajstić information content (AvgIpc) is 2.29. The molecule has 0 aromatic carbocycles. The van der Waals surface area contributed by atoms with Gasteiger partial charge in [0.25, 0.3) is 0 Å². The first kappa shape index (κ1) is 13.3. The summed E-state index contributed by atoms with van der Waals surface area (Å²) in [5, 5.41) is 5.78. The molecule has 0 spiro atoms.